The zero-order valence-electron chi connectivity index (χ0n) is 18.9. The van der Waals surface area contributed by atoms with Gasteiger partial charge in [-0.2, -0.15) is 0 Å². The first kappa shape index (κ1) is 23.3. The number of hydrogen-bond acceptors (Lipinski definition) is 4. The number of anilines is 1. The lowest BCUT2D eigenvalue weighted by molar-refractivity contribution is -0.123. The van der Waals surface area contributed by atoms with Crippen LogP contribution in [0.1, 0.15) is 23.6 Å². The van der Waals surface area contributed by atoms with E-state index in [0.717, 1.165) is 16.0 Å². The maximum Gasteiger partial charge on any atom is 0.251 e. The Hall–Kier alpha value is -3.49. The Morgan fingerprint density at radius 3 is 1.60 bits per heavy atom. The Bertz CT molecular complexity index is 1160. The summed E-state index contributed by atoms with van der Waals surface area (Å²) in [6.07, 6.45) is 0.0789. The molecular formula is C27H24F3N3O2. The summed E-state index contributed by atoms with van der Waals surface area (Å²) >= 11 is 0. The van der Waals surface area contributed by atoms with Crippen molar-refractivity contribution in [2.24, 2.45) is 0 Å². The highest BCUT2D eigenvalue weighted by Gasteiger charge is 2.43. The quantitative estimate of drug-likeness (QED) is 0.516. The first-order chi connectivity index (χ1) is 16.9. The van der Waals surface area contributed by atoms with Crippen LogP contribution >= 0.6 is 0 Å². The molecule has 0 radical (unpaired) electrons. The fourth-order valence-corrected chi connectivity index (χ4v) is 4.97. The predicted molar refractivity (Wildman–Crippen MR) is 125 cm³/mol. The van der Waals surface area contributed by atoms with Crippen LogP contribution in [-0.4, -0.2) is 53.8 Å². The van der Waals surface area contributed by atoms with Crippen molar-refractivity contribution in [3.8, 4) is 0 Å². The van der Waals surface area contributed by atoms with E-state index in [-0.39, 0.29) is 35.9 Å². The number of nitrogens with zero attached hydrogens (tertiary/aromatic N) is 3. The standard InChI is InChI=1S/C27H24F3N3O2/c28-20-5-1-18(2-6-20)26(19-3-7-21(29)8-4-19)32-15-13-31(14-16-32)24-17-25(34)33(27(24)35)23-11-9-22(30)10-12-23/h1-12,24,26H,13-17H2. The van der Waals surface area contributed by atoms with Crippen LogP contribution in [0.25, 0.3) is 0 Å². The van der Waals surface area contributed by atoms with E-state index in [1.807, 2.05) is 4.90 Å². The number of carbonyl (C=O) groups excluding carboxylic acids is 2. The van der Waals surface area contributed by atoms with Gasteiger partial charge in [0.2, 0.25) is 5.91 Å². The minimum Gasteiger partial charge on any atom is -0.290 e. The minimum atomic E-state index is -0.565. The van der Waals surface area contributed by atoms with E-state index in [4.69, 9.17) is 0 Å². The average molecular weight is 480 g/mol. The van der Waals surface area contributed by atoms with Gasteiger partial charge in [0.25, 0.3) is 5.91 Å². The molecule has 2 amide bonds. The lowest BCUT2D eigenvalue weighted by atomic mass is 9.96. The van der Waals surface area contributed by atoms with Gasteiger partial charge in [-0.05, 0) is 59.7 Å². The normalized spacial score (nSPS) is 19.7. The monoisotopic (exact) mass is 479 g/mol. The molecule has 0 spiro atoms. The maximum absolute atomic E-state index is 13.6. The van der Waals surface area contributed by atoms with Gasteiger partial charge >= 0.3 is 0 Å². The van der Waals surface area contributed by atoms with Crippen LogP contribution < -0.4 is 4.90 Å². The molecule has 3 aromatic carbocycles. The van der Waals surface area contributed by atoms with Crippen molar-refractivity contribution >= 4 is 17.5 Å². The third-order valence-electron chi connectivity index (χ3n) is 6.73. The summed E-state index contributed by atoms with van der Waals surface area (Å²) in [6, 6.07) is 17.1. The second-order valence-corrected chi connectivity index (χ2v) is 8.84. The van der Waals surface area contributed by atoms with Crippen LogP contribution in [-0.2, 0) is 9.59 Å². The van der Waals surface area contributed by atoms with Crippen LogP contribution in [0.15, 0.2) is 72.8 Å². The number of halogens is 3. The van der Waals surface area contributed by atoms with Crippen LogP contribution in [0.5, 0.6) is 0 Å². The summed E-state index contributed by atoms with van der Waals surface area (Å²) < 4.78 is 40.4. The Labute approximate surface area is 201 Å². The molecule has 35 heavy (non-hydrogen) atoms. The second kappa shape index (κ2) is 9.64. The van der Waals surface area contributed by atoms with Crippen molar-refractivity contribution in [3.05, 3.63) is 101 Å². The first-order valence-corrected chi connectivity index (χ1v) is 11.5. The fourth-order valence-electron chi connectivity index (χ4n) is 4.97. The highest BCUT2D eigenvalue weighted by molar-refractivity contribution is 6.22. The molecule has 2 aliphatic heterocycles. The molecular weight excluding hydrogens is 455 g/mol. The minimum absolute atomic E-state index is 0.0789. The molecule has 1 atom stereocenters. The van der Waals surface area contributed by atoms with Crippen molar-refractivity contribution in [1.29, 1.82) is 0 Å². The predicted octanol–water partition coefficient (Wildman–Crippen LogP) is 4.14. The Kier molecular flexibility index (Phi) is 6.40. The third-order valence-corrected chi connectivity index (χ3v) is 6.73. The van der Waals surface area contributed by atoms with E-state index < -0.39 is 11.9 Å². The number of piperazine rings is 1. The molecule has 0 aromatic heterocycles. The third kappa shape index (κ3) is 4.72. The molecule has 5 nitrogen and oxygen atoms in total. The van der Waals surface area contributed by atoms with Gasteiger partial charge in [-0.3, -0.25) is 19.4 Å². The number of imide groups is 1. The number of rotatable bonds is 5. The average Bonchev–Trinajstić information content (AvgIpc) is 3.16. The van der Waals surface area contributed by atoms with Crippen LogP contribution in [0.4, 0.5) is 18.9 Å². The highest BCUT2D eigenvalue weighted by atomic mass is 19.1. The first-order valence-electron chi connectivity index (χ1n) is 11.5. The molecule has 2 fully saturated rings. The molecule has 0 aliphatic carbocycles. The SMILES string of the molecule is O=C1CC(N2CCN(C(c3ccc(F)cc3)c3ccc(F)cc3)CC2)C(=O)N1c1ccc(F)cc1. The molecule has 1 unspecified atom stereocenters. The van der Waals surface area contributed by atoms with Gasteiger partial charge in [0.05, 0.1) is 24.2 Å². The Morgan fingerprint density at radius 2 is 1.11 bits per heavy atom. The molecule has 0 bridgehead atoms. The molecule has 2 aliphatic rings. The molecule has 0 N–H and O–H groups in total. The van der Waals surface area contributed by atoms with Crippen molar-refractivity contribution in [1.82, 2.24) is 9.80 Å². The van der Waals surface area contributed by atoms with Gasteiger partial charge in [-0.15, -0.1) is 0 Å². The summed E-state index contributed by atoms with van der Waals surface area (Å²) in [5.74, 6) is -1.69. The van der Waals surface area contributed by atoms with E-state index >= 15 is 0 Å². The summed E-state index contributed by atoms with van der Waals surface area (Å²) in [7, 11) is 0. The van der Waals surface area contributed by atoms with Gasteiger partial charge in [0.1, 0.15) is 17.5 Å². The van der Waals surface area contributed by atoms with Crippen molar-refractivity contribution in [3.63, 3.8) is 0 Å². The number of amides is 2. The van der Waals surface area contributed by atoms with Gasteiger partial charge in [0.15, 0.2) is 0 Å². The van der Waals surface area contributed by atoms with Crippen molar-refractivity contribution in [2.75, 3.05) is 31.1 Å². The topological polar surface area (TPSA) is 43.9 Å². The van der Waals surface area contributed by atoms with E-state index in [0.29, 0.717) is 31.9 Å². The van der Waals surface area contributed by atoms with E-state index in [1.165, 1.54) is 48.5 Å². The lowest BCUT2D eigenvalue weighted by Crippen LogP contribution is -2.53. The summed E-state index contributed by atoms with van der Waals surface area (Å²) in [6.45, 7) is 2.32. The zero-order chi connectivity index (χ0) is 24.5. The van der Waals surface area contributed by atoms with Gasteiger partial charge < -0.3 is 0 Å². The maximum atomic E-state index is 13.6. The molecule has 5 rings (SSSR count). The molecule has 8 heteroatoms. The smallest absolute Gasteiger partial charge is 0.251 e. The van der Waals surface area contributed by atoms with Gasteiger partial charge in [-0.1, -0.05) is 24.3 Å². The largest absolute Gasteiger partial charge is 0.290 e. The van der Waals surface area contributed by atoms with Crippen molar-refractivity contribution < 1.29 is 22.8 Å². The molecule has 0 saturated carbocycles. The zero-order valence-corrected chi connectivity index (χ0v) is 18.9. The molecule has 180 valence electrons. The fraction of sp³-hybridized carbons (Fsp3) is 0.259. The molecule has 2 heterocycles. The number of carbonyl (C=O) groups is 2. The van der Waals surface area contributed by atoms with E-state index in [1.54, 1.807) is 24.3 Å². The summed E-state index contributed by atoms with van der Waals surface area (Å²) in [4.78, 5) is 31.1. The van der Waals surface area contributed by atoms with Crippen LogP contribution in [0, 0.1) is 17.5 Å². The second-order valence-electron chi connectivity index (χ2n) is 8.84. The highest BCUT2D eigenvalue weighted by Crippen LogP contribution is 2.32. The van der Waals surface area contributed by atoms with E-state index in [9.17, 15) is 22.8 Å². The molecule has 3 aromatic rings. The summed E-state index contributed by atoms with van der Waals surface area (Å²) in [5.41, 5.74) is 2.15. The lowest BCUT2D eigenvalue weighted by Gasteiger charge is -2.41. The van der Waals surface area contributed by atoms with Gasteiger partial charge in [-0.25, -0.2) is 18.1 Å². The number of benzene rings is 3. The Morgan fingerprint density at radius 1 is 0.657 bits per heavy atom. The summed E-state index contributed by atoms with van der Waals surface area (Å²) in [5, 5.41) is 0. The van der Waals surface area contributed by atoms with Gasteiger partial charge in [0, 0.05) is 26.2 Å². The number of hydrogen-bond donors (Lipinski definition) is 0. The van der Waals surface area contributed by atoms with Crippen molar-refractivity contribution in [2.45, 2.75) is 18.5 Å². The van der Waals surface area contributed by atoms with E-state index in [2.05, 4.69) is 4.90 Å². The van der Waals surface area contributed by atoms with Crippen LogP contribution in [0.3, 0.4) is 0 Å². The van der Waals surface area contributed by atoms with Crippen LogP contribution in [0.2, 0.25) is 0 Å². The molecule has 2 saturated heterocycles. The Balaban J connectivity index is 1.32.